The normalized spacial score (nSPS) is 10.2. The summed E-state index contributed by atoms with van der Waals surface area (Å²) in [6.45, 7) is 0. The molecule has 4 nitrogen and oxygen atoms in total. The maximum Gasteiger partial charge on any atom is 0.227 e. The van der Waals surface area contributed by atoms with Crippen molar-refractivity contribution in [1.29, 1.82) is 0 Å². The summed E-state index contributed by atoms with van der Waals surface area (Å²) in [5.74, 6) is 0.575. The lowest BCUT2D eigenvalue weighted by atomic mass is 10.1. The number of carbonyl (C=O) groups is 1. The van der Waals surface area contributed by atoms with E-state index in [1.807, 2.05) is 37.4 Å². The number of anilines is 1. The van der Waals surface area contributed by atoms with Gasteiger partial charge in [-0.25, -0.2) is 4.98 Å². The van der Waals surface area contributed by atoms with Gasteiger partial charge in [0.25, 0.3) is 0 Å². The minimum absolute atomic E-state index is 0.0110. The smallest absolute Gasteiger partial charge is 0.227 e. The number of aromatic nitrogens is 2. The molecule has 2 rings (SSSR count). The molecule has 17 heavy (non-hydrogen) atoms. The van der Waals surface area contributed by atoms with Crippen LogP contribution < -0.4 is 5.32 Å². The molecule has 0 fully saturated rings. The molecule has 88 valence electrons. The van der Waals surface area contributed by atoms with Crippen molar-refractivity contribution in [2.24, 2.45) is 7.05 Å². The van der Waals surface area contributed by atoms with E-state index in [0.29, 0.717) is 12.4 Å². The Labute approximate surface area is 100 Å². The molecule has 0 saturated carbocycles. The molecule has 4 heteroatoms. The Morgan fingerprint density at radius 3 is 2.76 bits per heavy atom. The Bertz CT molecular complexity index is 490. The first-order valence-electron chi connectivity index (χ1n) is 5.57. The van der Waals surface area contributed by atoms with E-state index >= 15 is 0 Å². The topological polar surface area (TPSA) is 46.9 Å². The molecule has 1 heterocycles. The molecular weight excluding hydrogens is 214 g/mol. The molecular formula is C13H15N3O. The number of benzene rings is 1. The second kappa shape index (κ2) is 5.30. The van der Waals surface area contributed by atoms with Crippen LogP contribution in [0.4, 0.5) is 5.95 Å². The average molecular weight is 229 g/mol. The highest BCUT2D eigenvalue weighted by Crippen LogP contribution is 2.05. The predicted molar refractivity (Wildman–Crippen MR) is 66.6 cm³/mol. The molecule has 1 aromatic carbocycles. The lowest BCUT2D eigenvalue weighted by Crippen LogP contribution is -2.15. The van der Waals surface area contributed by atoms with Gasteiger partial charge in [0.05, 0.1) is 0 Å². The first-order valence-corrected chi connectivity index (χ1v) is 5.57. The fourth-order valence-corrected chi connectivity index (χ4v) is 1.58. The van der Waals surface area contributed by atoms with E-state index in [4.69, 9.17) is 0 Å². The molecule has 0 bridgehead atoms. The van der Waals surface area contributed by atoms with E-state index in [0.717, 1.165) is 6.42 Å². The zero-order valence-corrected chi connectivity index (χ0v) is 9.76. The fraction of sp³-hybridized carbons (Fsp3) is 0.231. The number of aryl methyl sites for hydroxylation is 2. The number of hydrogen-bond acceptors (Lipinski definition) is 2. The van der Waals surface area contributed by atoms with Crippen LogP contribution in [-0.4, -0.2) is 15.5 Å². The Kier molecular flexibility index (Phi) is 3.55. The molecule has 1 aromatic heterocycles. The number of nitrogens with one attached hydrogen (secondary N) is 1. The van der Waals surface area contributed by atoms with Crippen molar-refractivity contribution in [1.82, 2.24) is 9.55 Å². The van der Waals surface area contributed by atoms with Crippen LogP contribution in [0.5, 0.6) is 0 Å². The summed E-state index contributed by atoms with van der Waals surface area (Å²) in [4.78, 5) is 15.7. The summed E-state index contributed by atoms with van der Waals surface area (Å²) >= 11 is 0. The molecule has 0 radical (unpaired) electrons. The maximum absolute atomic E-state index is 11.7. The van der Waals surface area contributed by atoms with E-state index in [-0.39, 0.29) is 5.91 Å². The van der Waals surface area contributed by atoms with Crippen LogP contribution in [0.25, 0.3) is 0 Å². The third-order valence-corrected chi connectivity index (χ3v) is 2.56. The largest absolute Gasteiger partial charge is 0.320 e. The van der Waals surface area contributed by atoms with Crippen LogP contribution >= 0.6 is 0 Å². The fourth-order valence-electron chi connectivity index (χ4n) is 1.58. The predicted octanol–water partition coefficient (Wildman–Crippen LogP) is 1.99. The second-order valence-corrected chi connectivity index (χ2v) is 3.90. The zero-order chi connectivity index (χ0) is 12.1. The van der Waals surface area contributed by atoms with Crippen LogP contribution in [0.3, 0.4) is 0 Å². The van der Waals surface area contributed by atoms with Crippen molar-refractivity contribution >= 4 is 11.9 Å². The van der Waals surface area contributed by atoms with Gasteiger partial charge in [0.15, 0.2) is 0 Å². The van der Waals surface area contributed by atoms with Gasteiger partial charge in [0.2, 0.25) is 11.9 Å². The van der Waals surface area contributed by atoms with Crippen LogP contribution in [0.2, 0.25) is 0 Å². The van der Waals surface area contributed by atoms with Crippen LogP contribution in [-0.2, 0) is 18.3 Å². The number of rotatable bonds is 4. The highest BCUT2D eigenvalue weighted by molar-refractivity contribution is 5.89. The van der Waals surface area contributed by atoms with Gasteiger partial charge in [-0.3, -0.25) is 10.1 Å². The molecule has 0 aliphatic rings. The number of imidazole rings is 1. The van der Waals surface area contributed by atoms with Crippen LogP contribution in [0.15, 0.2) is 42.7 Å². The van der Waals surface area contributed by atoms with Gasteiger partial charge in [0.1, 0.15) is 0 Å². The Morgan fingerprint density at radius 2 is 2.12 bits per heavy atom. The second-order valence-electron chi connectivity index (χ2n) is 3.90. The van der Waals surface area contributed by atoms with Crippen molar-refractivity contribution in [2.45, 2.75) is 12.8 Å². The van der Waals surface area contributed by atoms with Crippen molar-refractivity contribution in [3.05, 3.63) is 48.3 Å². The molecule has 0 spiro atoms. The molecule has 1 N–H and O–H groups in total. The van der Waals surface area contributed by atoms with E-state index in [1.165, 1.54) is 5.56 Å². The van der Waals surface area contributed by atoms with Gasteiger partial charge in [-0.15, -0.1) is 0 Å². The summed E-state index contributed by atoms with van der Waals surface area (Å²) in [5.41, 5.74) is 1.17. The van der Waals surface area contributed by atoms with Crippen molar-refractivity contribution in [2.75, 3.05) is 5.32 Å². The summed E-state index contributed by atoms with van der Waals surface area (Å²) in [6, 6.07) is 9.97. The first kappa shape index (κ1) is 11.4. The van der Waals surface area contributed by atoms with Crippen LogP contribution in [0, 0.1) is 0 Å². The summed E-state index contributed by atoms with van der Waals surface area (Å²) in [7, 11) is 1.85. The first-order chi connectivity index (χ1) is 8.25. The maximum atomic E-state index is 11.7. The molecule has 0 aliphatic carbocycles. The minimum Gasteiger partial charge on any atom is -0.320 e. The van der Waals surface area contributed by atoms with E-state index in [1.54, 1.807) is 17.0 Å². The number of amides is 1. The SMILES string of the molecule is Cn1ccnc1NC(=O)CCc1ccccc1. The molecule has 0 unspecified atom stereocenters. The molecule has 0 saturated heterocycles. The minimum atomic E-state index is -0.0110. The number of hydrogen-bond donors (Lipinski definition) is 1. The molecule has 2 aromatic rings. The van der Waals surface area contributed by atoms with Gasteiger partial charge in [-0.1, -0.05) is 30.3 Å². The van der Waals surface area contributed by atoms with Gasteiger partial charge >= 0.3 is 0 Å². The number of carbonyl (C=O) groups excluding carboxylic acids is 1. The highest BCUT2D eigenvalue weighted by atomic mass is 16.1. The van der Waals surface area contributed by atoms with Crippen molar-refractivity contribution in [3.8, 4) is 0 Å². The third kappa shape index (κ3) is 3.17. The third-order valence-electron chi connectivity index (χ3n) is 2.56. The van der Waals surface area contributed by atoms with Crippen molar-refractivity contribution < 1.29 is 4.79 Å². The van der Waals surface area contributed by atoms with E-state index in [9.17, 15) is 4.79 Å². The van der Waals surface area contributed by atoms with Crippen molar-refractivity contribution in [3.63, 3.8) is 0 Å². The summed E-state index contributed by atoms with van der Waals surface area (Å²) in [6.07, 6.45) is 4.67. The average Bonchev–Trinajstić information content (AvgIpc) is 2.74. The highest BCUT2D eigenvalue weighted by Gasteiger charge is 2.05. The Balaban J connectivity index is 1.85. The lowest BCUT2D eigenvalue weighted by molar-refractivity contribution is -0.116. The molecule has 1 amide bonds. The summed E-state index contributed by atoms with van der Waals surface area (Å²) in [5, 5.41) is 2.77. The van der Waals surface area contributed by atoms with Gasteiger partial charge in [0, 0.05) is 25.9 Å². The molecule has 0 atom stereocenters. The van der Waals surface area contributed by atoms with Gasteiger partial charge in [-0.05, 0) is 12.0 Å². The molecule has 0 aliphatic heterocycles. The monoisotopic (exact) mass is 229 g/mol. The summed E-state index contributed by atoms with van der Waals surface area (Å²) < 4.78 is 1.78. The standard InChI is InChI=1S/C13H15N3O/c1-16-10-9-14-13(16)15-12(17)8-7-11-5-3-2-4-6-11/h2-6,9-10H,7-8H2,1H3,(H,14,15,17). The van der Waals surface area contributed by atoms with Gasteiger partial charge < -0.3 is 4.57 Å². The van der Waals surface area contributed by atoms with E-state index < -0.39 is 0 Å². The lowest BCUT2D eigenvalue weighted by Gasteiger charge is -2.04. The Hall–Kier alpha value is -2.10. The zero-order valence-electron chi connectivity index (χ0n) is 9.76. The van der Waals surface area contributed by atoms with Gasteiger partial charge in [-0.2, -0.15) is 0 Å². The van der Waals surface area contributed by atoms with E-state index in [2.05, 4.69) is 10.3 Å². The quantitative estimate of drug-likeness (QED) is 0.871. The van der Waals surface area contributed by atoms with Crippen LogP contribution in [0.1, 0.15) is 12.0 Å². The Morgan fingerprint density at radius 1 is 1.35 bits per heavy atom. The number of nitrogens with zero attached hydrogens (tertiary/aromatic N) is 2.